The maximum absolute atomic E-state index is 11.8. The Kier molecular flexibility index (Phi) is 6.87. The standard InChI is InChI=1S/C22H26N4OS/c1-16(2)23-20(27)10-7-15-28-22-25-24-21(18-13-11-17(3)12-14-18)26(22)19-8-5-4-6-9-19/h4-6,8-9,11-14,16H,7,10,15H2,1-3H3,(H,23,27). The zero-order valence-corrected chi connectivity index (χ0v) is 17.4. The largest absolute Gasteiger partial charge is 0.354 e. The highest BCUT2D eigenvalue weighted by molar-refractivity contribution is 7.99. The van der Waals surface area contributed by atoms with Crippen molar-refractivity contribution in [2.24, 2.45) is 0 Å². The number of para-hydroxylation sites is 1. The number of amides is 1. The predicted octanol–water partition coefficient (Wildman–Crippen LogP) is 4.64. The molecule has 1 aromatic heterocycles. The summed E-state index contributed by atoms with van der Waals surface area (Å²) in [7, 11) is 0. The maximum Gasteiger partial charge on any atom is 0.220 e. The van der Waals surface area contributed by atoms with E-state index in [0.29, 0.717) is 6.42 Å². The molecule has 0 saturated carbocycles. The van der Waals surface area contributed by atoms with E-state index in [-0.39, 0.29) is 11.9 Å². The van der Waals surface area contributed by atoms with Gasteiger partial charge in [-0.25, -0.2) is 0 Å². The van der Waals surface area contributed by atoms with Gasteiger partial charge in [-0.1, -0.05) is 59.8 Å². The Balaban J connectivity index is 1.78. The van der Waals surface area contributed by atoms with Crippen LogP contribution in [0.1, 0.15) is 32.3 Å². The van der Waals surface area contributed by atoms with Gasteiger partial charge in [0, 0.05) is 29.5 Å². The van der Waals surface area contributed by atoms with Crippen molar-refractivity contribution in [3.05, 3.63) is 60.2 Å². The van der Waals surface area contributed by atoms with Gasteiger partial charge in [-0.05, 0) is 39.3 Å². The van der Waals surface area contributed by atoms with Crippen molar-refractivity contribution in [3.8, 4) is 17.1 Å². The fourth-order valence-corrected chi connectivity index (χ4v) is 3.74. The van der Waals surface area contributed by atoms with Gasteiger partial charge in [-0.15, -0.1) is 10.2 Å². The van der Waals surface area contributed by atoms with Crippen LogP contribution in [0, 0.1) is 6.92 Å². The number of thioether (sulfide) groups is 1. The zero-order chi connectivity index (χ0) is 19.9. The van der Waals surface area contributed by atoms with Crippen molar-refractivity contribution in [3.63, 3.8) is 0 Å². The molecule has 0 unspecified atom stereocenters. The number of nitrogens with one attached hydrogen (secondary N) is 1. The number of carbonyl (C=O) groups is 1. The van der Waals surface area contributed by atoms with Gasteiger partial charge in [0.1, 0.15) is 0 Å². The number of aromatic nitrogens is 3. The first kappa shape index (κ1) is 20.1. The number of benzene rings is 2. The van der Waals surface area contributed by atoms with Crippen LogP contribution in [0.3, 0.4) is 0 Å². The third-order valence-electron chi connectivity index (χ3n) is 4.19. The molecule has 0 spiro atoms. The molecule has 1 heterocycles. The predicted molar refractivity (Wildman–Crippen MR) is 115 cm³/mol. The molecule has 0 fully saturated rings. The third kappa shape index (κ3) is 5.23. The highest BCUT2D eigenvalue weighted by Gasteiger charge is 2.16. The van der Waals surface area contributed by atoms with E-state index in [4.69, 9.17) is 0 Å². The quantitative estimate of drug-likeness (QED) is 0.447. The van der Waals surface area contributed by atoms with E-state index in [1.165, 1.54) is 5.56 Å². The van der Waals surface area contributed by atoms with Gasteiger partial charge in [0.05, 0.1) is 0 Å². The fraction of sp³-hybridized carbons (Fsp3) is 0.318. The summed E-state index contributed by atoms with van der Waals surface area (Å²) in [6, 6.07) is 18.6. The molecule has 0 aliphatic carbocycles. The first-order chi connectivity index (χ1) is 13.5. The summed E-state index contributed by atoms with van der Waals surface area (Å²) in [5.41, 5.74) is 3.28. The number of hydrogen-bond acceptors (Lipinski definition) is 4. The van der Waals surface area contributed by atoms with Gasteiger partial charge in [0.25, 0.3) is 0 Å². The van der Waals surface area contributed by atoms with Crippen LogP contribution in [0.15, 0.2) is 59.8 Å². The monoisotopic (exact) mass is 394 g/mol. The van der Waals surface area contributed by atoms with Crippen LogP contribution in [0.5, 0.6) is 0 Å². The second kappa shape index (κ2) is 9.55. The van der Waals surface area contributed by atoms with E-state index in [9.17, 15) is 4.79 Å². The summed E-state index contributed by atoms with van der Waals surface area (Å²) in [4.78, 5) is 11.8. The molecule has 0 saturated heterocycles. The van der Waals surface area contributed by atoms with Crippen molar-refractivity contribution in [2.45, 2.75) is 44.8 Å². The Morgan fingerprint density at radius 3 is 2.46 bits per heavy atom. The Morgan fingerprint density at radius 1 is 1.07 bits per heavy atom. The summed E-state index contributed by atoms with van der Waals surface area (Å²) in [6.07, 6.45) is 1.32. The minimum Gasteiger partial charge on any atom is -0.354 e. The molecule has 5 nitrogen and oxygen atoms in total. The van der Waals surface area contributed by atoms with E-state index in [1.807, 2.05) is 32.0 Å². The van der Waals surface area contributed by atoms with Crippen LogP contribution in [0.2, 0.25) is 0 Å². The van der Waals surface area contributed by atoms with Crippen LogP contribution < -0.4 is 5.32 Å². The summed E-state index contributed by atoms with van der Waals surface area (Å²) < 4.78 is 2.09. The molecule has 146 valence electrons. The summed E-state index contributed by atoms with van der Waals surface area (Å²) in [5, 5.41) is 12.7. The molecule has 28 heavy (non-hydrogen) atoms. The van der Waals surface area contributed by atoms with Gasteiger partial charge in [-0.2, -0.15) is 0 Å². The molecule has 6 heteroatoms. The number of rotatable bonds is 8. The molecule has 0 aliphatic heterocycles. The second-order valence-electron chi connectivity index (χ2n) is 7.02. The SMILES string of the molecule is Cc1ccc(-c2nnc(SCCCC(=O)NC(C)C)n2-c2ccccc2)cc1. The lowest BCUT2D eigenvalue weighted by Crippen LogP contribution is -2.29. The molecule has 0 aliphatic rings. The lowest BCUT2D eigenvalue weighted by atomic mass is 10.1. The average molecular weight is 395 g/mol. The molecule has 3 aromatic rings. The van der Waals surface area contributed by atoms with E-state index in [1.54, 1.807) is 11.8 Å². The van der Waals surface area contributed by atoms with E-state index < -0.39 is 0 Å². The zero-order valence-electron chi connectivity index (χ0n) is 16.6. The Hall–Kier alpha value is -2.60. The topological polar surface area (TPSA) is 59.8 Å². The van der Waals surface area contributed by atoms with Crippen LogP contribution >= 0.6 is 11.8 Å². The fourth-order valence-electron chi connectivity index (χ4n) is 2.85. The first-order valence-electron chi connectivity index (χ1n) is 9.54. The maximum atomic E-state index is 11.8. The molecule has 0 atom stereocenters. The molecule has 1 amide bonds. The van der Waals surface area contributed by atoms with Crippen molar-refractivity contribution >= 4 is 17.7 Å². The normalized spacial score (nSPS) is 11.0. The van der Waals surface area contributed by atoms with E-state index in [2.05, 4.69) is 63.4 Å². The van der Waals surface area contributed by atoms with E-state index in [0.717, 1.165) is 34.4 Å². The van der Waals surface area contributed by atoms with Crippen molar-refractivity contribution in [1.29, 1.82) is 0 Å². The highest BCUT2D eigenvalue weighted by atomic mass is 32.2. The molecule has 1 N–H and O–H groups in total. The molecular formula is C22H26N4OS. The first-order valence-corrected chi connectivity index (χ1v) is 10.5. The molecule has 2 aromatic carbocycles. The van der Waals surface area contributed by atoms with Gasteiger partial charge in [0.15, 0.2) is 11.0 Å². The van der Waals surface area contributed by atoms with Crippen LogP contribution in [0.4, 0.5) is 0 Å². The minimum absolute atomic E-state index is 0.0977. The molecule has 0 bridgehead atoms. The Labute approximate surface area is 170 Å². The van der Waals surface area contributed by atoms with Crippen molar-refractivity contribution in [1.82, 2.24) is 20.1 Å². The lowest BCUT2D eigenvalue weighted by molar-refractivity contribution is -0.121. The number of carbonyl (C=O) groups excluding carboxylic acids is 1. The van der Waals surface area contributed by atoms with Gasteiger partial charge in [-0.3, -0.25) is 9.36 Å². The lowest BCUT2D eigenvalue weighted by Gasteiger charge is -2.11. The van der Waals surface area contributed by atoms with Gasteiger partial charge in [0.2, 0.25) is 5.91 Å². The van der Waals surface area contributed by atoms with Crippen LogP contribution in [-0.2, 0) is 4.79 Å². The van der Waals surface area contributed by atoms with Crippen LogP contribution in [0.25, 0.3) is 17.1 Å². The Bertz CT molecular complexity index is 904. The van der Waals surface area contributed by atoms with E-state index >= 15 is 0 Å². The van der Waals surface area contributed by atoms with Crippen molar-refractivity contribution < 1.29 is 4.79 Å². The molecule has 0 radical (unpaired) electrons. The number of nitrogens with zero attached hydrogens (tertiary/aromatic N) is 3. The summed E-state index contributed by atoms with van der Waals surface area (Å²) >= 11 is 1.63. The molecular weight excluding hydrogens is 368 g/mol. The summed E-state index contributed by atoms with van der Waals surface area (Å²) in [5.74, 6) is 1.73. The smallest absolute Gasteiger partial charge is 0.220 e. The van der Waals surface area contributed by atoms with Crippen molar-refractivity contribution in [2.75, 3.05) is 5.75 Å². The second-order valence-corrected chi connectivity index (χ2v) is 8.08. The highest BCUT2D eigenvalue weighted by Crippen LogP contribution is 2.28. The van der Waals surface area contributed by atoms with Gasteiger partial charge >= 0.3 is 0 Å². The molecule has 3 rings (SSSR count). The summed E-state index contributed by atoms with van der Waals surface area (Å²) in [6.45, 7) is 6.02. The third-order valence-corrected chi connectivity index (χ3v) is 5.20. The Morgan fingerprint density at radius 2 is 1.79 bits per heavy atom. The van der Waals surface area contributed by atoms with Crippen LogP contribution in [-0.4, -0.2) is 32.5 Å². The number of aryl methyl sites for hydroxylation is 1. The number of hydrogen-bond donors (Lipinski definition) is 1. The van der Waals surface area contributed by atoms with Gasteiger partial charge < -0.3 is 5.32 Å². The average Bonchev–Trinajstić information content (AvgIpc) is 3.10. The minimum atomic E-state index is 0.0977.